The van der Waals surface area contributed by atoms with Crippen LogP contribution < -0.4 is 10.6 Å². The summed E-state index contributed by atoms with van der Waals surface area (Å²) in [6.45, 7) is 5.84. The van der Waals surface area contributed by atoms with Gasteiger partial charge in [0.05, 0.1) is 12.6 Å². The smallest absolute Gasteiger partial charge is 0.241 e. The summed E-state index contributed by atoms with van der Waals surface area (Å²) in [5, 5.41) is 5.99. The highest BCUT2D eigenvalue weighted by molar-refractivity contribution is 5.99. The molecule has 0 aliphatic carbocycles. The van der Waals surface area contributed by atoms with Gasteiger partial charge in [0.15, 0.2) is 0 Å². The highest BCUT2D eigenvalue weighted by Crippen LogP contribution is 2.27. The molecule has 0 fully saturated rings. The third-order valence-electron chi connectivity index (χ3n) is 5.45. The molecule has 1 atom stereocenters. The molecular formula is C26H29N3O2. The molecule has 0 aromatic heterocycles. The highest BCUT2D eigenvalue weighted by atomic mass is 16.2. The topological polar surface area (TPSA) is 61.4 Å². The highest BCUT2D eigenvalue weighted by Gasteiger charge is 2.21. The van der Waals surface area contributed by atoms with Crippen molar-refractivity contribution in [2.45, 2.75) is 26.8 Å². The zero-order chi connectivity index (χ0) is 22.4. The van der Waals surface area contributed by atoms with Gasteiger partial charge in [0.1, 0.15) is 0 Å². The molecule has 31 heavy (non-hydrogen) atoms. The molecule has 2 N–H and O–H groups in total. The maximum absolute atomic E-state index is 12.9. The fourth-order valence-corrected chi connectivity index (χ4v) is 3.45. The summed E-state index contributed by atoms with van der Waals surface area (Å²) in [5.41, 5.74) is 5.60. The van der Waals surface area contributed by atoms with E-state index < -0.39 is 6.04 Å². The molecule has 3 aromatic carbocycles. The second-order valence-corrected chi connectivity index (χ2v) is 7.81. The van der Waals surface area contributed by atoms with E-state index in [4.69, 9.17) is 0 Å². The maximum atomic E-state index is 12.9. The van der Waals surface area contributed by atoms with Crippen molar-refractivity contribution in [1.29, 1.82) is 0 Å². The summed E-state index contributed by atoms with van der Waals surface area (Å²) in [5.74, 6) is -0.310. The molecule has 0 aliphatic rings. The Labute approximate surface area is 184 Å². The Morgan fingerprint density at radius 3 is 2.13 bits per heavy atom. The minimum Gasteiger partial charge on any atom is -0.324 e. The summed E-state index contributed by atoms with van der Waals surface area (Å²) < 4.78 is 0. The number of aryl methyl sites for hydroxylation is 2. The second-order valence-electron chi connectivity index (χ2n) is 7.81. The number of anilines is 2. The molecule has 0 bridgehead atoms. The first-order valence-electron chi connectivity index (χ1n) is 10.4. The van der Waals surface area contributed by atoms with E-state index in [0.717, 1.165) is 33.6 Å². The molecule has 0 radical (unpaired) electrons. The summed E-state index contributed by atoms with van der Waals surface area (Å²) in [6.07, 6.45) is 0. The van der Waals surface area contributed by atoms with E-state index in [-0.39, 0.29) is 18.4 Å². The van der Waals surface area contributed by atoms with Gasteiger partial charge in [-0.05, 0) is 50.6 Å². The molecule has 0 unspecified atom stereocenters. The standard InChI is InChI=1S/C26H29N3O2/c1-18-11-10-12-19(2)25(18)28-24(30)17-29(4)20(3)26(31)27-23-16-9-8-15-22(23)21-13-6-5-7-14-21/h5-16,20H,17H2,1-4H3,(H,27,31)(H,28,30)/t20-/m0/s1. The lowest BCUT2D eigenvalue weighted by Gasteiger charge is -2.24. The van der Waals surface area contributed by atoms with Crippen LogP contribution >= 0.6 is 0 Å². The van der Waals surface area contributed by atoms with Gasteiger partial charge in [0.2, 0.25) is 11.8 Å². The number of amides is 2. The van der Waals surface area contributed by atoms with Crippen LogP contribution in [-0.4, -0.2) is 36.3 Å². The van der Waals surface area contributed by atoms with E-state index in [2.05, 4.69) is 10.6 Å². The molecule has 160 valence electrons. The van der Waals surface area contributed by atoms with Crippen molar-refractivity contribution < 1.29 is 9.59 Å². The van der Waals surface area contributed by atoms with E-state index >= 15 is 0 Å². The molecule has 5 nitrogen and oxygen atoms in total. The average molecular weight is 416 g/mol. The van der Waals surface area contributed by atoms with Crippen LogP contribution in [0, 0.1) is 13.8 Å². The zero-order valence-corrected chi connectivity index (χ0v) is 18.5. The SMILES string of the molecule is Cc1cccc(C)c1NC(=O)CN(C)[C@@H](C)C(=O)Nc1ccccc1-c1ccccc1. The number of benzene rings is 3. The average Bonchev–Trinajstić information content (AvgIpc) is 2.76. The van der Waals surface area contributed by atoms with Crippen LogP contribution in [0.1, 0.15) is 18.1 Å². The van der Waals surface area contributed by atoms with Crippen molar-refractivity contribution in [2.75, 3.05) is 24.2 Å². The third-order valence-corrected chi connectivity index (χ3v) is 5.45. The predicted molar refractivity (Wildman–Crippen MR) is 127 cm³/mol. The van der Waals surface area contributed by atoms with E-state index in [1.165, 1.54) is 0 Å². The lowest BCUT2D eigenvalue weighted by Crippen LogP contribution is -2.43. The first-order chi connectivity index (χ1) is 14.9. The van der Waals surface area contributed by atoms with Crippen LogP contribution in [0.4, 0.5) is 11.4 Å². The fourth-order valence-electron chi connectivity index (χ4n) is 3.45. The molecule has 0 heterocycles. The lowest BCUT2D eigenvalue weighted by atomic mass is 10.0. The van der Waals surface area contributed by atoms with Crippen molar-refractivity contribution in [2.24, 2.45) is 0 Å². The predicted octanol–water partition coefficient (Wildman–Crippen LogP) is 4.87. The third kappa shape index (κ3) is 5.58. The van der Waals surface area contributed by atoms with E-state index in [1.54, 1.807) is 18.9 Å². The molecule has 3 rings (SSSR count). The molecule has 5 heteroatoms. The van der Waals surface area contributed by atoms with Gasteiger partial charge in [-0.3, -0.25) is 14.5 Å². The quantitative estimate of drug-likeness (QED) is 0.579. The van der Waals surface area contributed by atoms with Crippen LogP contribution in [-0.2, 0) is 9.59 Å². The van der Waals surface area contributed by atoms with Gasteiger partial charge in [-0.2, -0.15) is 0 Å². The Morgan fingerprint density at radius 1 is 0.839 bits per heavy atom. The Kier molecular flexibility index (Phi) is 7.21. The Bertz CT molecular complexity index is 1040. The summed E-state index contributed by atoms with van der Waals surface area (Å²) in [6, 6.07) is 23.1. The molecule has 0 saturated heterocycles. The first-order valence-corrected chi connectivity index (χ1v) is 10.4. The van der Waals surface area contributed by atoms with Crippen molar-refractivity contribution in [3.63, 3.8) is 0 Å². The molecule has 2 amide bonds. The first kappa shape index (κ1) is 22.2. The largest absolute Gasteiger partial charge is 0.324 e. The molecule has 0 saturated carbocycles. The summed E-state index contributed by atoms with van der Waals surface area (Å²) in [4.78, 5) is 27.2. The van der Waals surface area contributed by atoms with Crippen LogP contribution in [0.25, 0.3) is 11.1 Å². The van der Waals surface area contributed by atoms with Crippen molar-refractivity contribution >= 4 is 23.2 Å². The van der Waals surface area contributed by atoms with Crippen LogP contribution in [0.5, 0.6) is 0 Å². The maximum Gasteiger partial charge on any atom is 0.241 e. The number of para-hydroxylation sites is 2. The van der Waals surface area contributed by atoms with Crippen molar-refractivity contribution in [3.05, 3.63) is 83.9 Å². The number of carbonyl (C=O) groups excluding carboxylic acids is 2. The number of nitrogens with zero attached hydrogens (tertiary/aromatic N) is 1. The number of rotatable bonds is 7. The number of carbonyl (C=O) groups is 2. The van der Waals surface area contributed by atoms with Gasteiger partial charge < -0.3 is 10.6 Å². The van der Waals surface area contributed by atoms with E-state index in [1.807, 2.05) is 86.6 Å². The van der Waals surface area contributed by atoms with Gasteiger partial charge >= 0.3 is 0 Å². The minimum absolute atomic E-state index is 0.114. The normalized spacial score (nSPS) is 11.8. The molecule has 3 aromatic rings. The molecule has 0 spiro atoms. The summed E-state index contributed by atoms with van der Waals surface area (Å²) >= 11 is 0. The lowest BCUT2D eigenvalue weighted by molar-refractivity contribution is -0.122. The van der Waals surface area contributed by atoms with Crippen molar-refractivity contribution in [1.82, 2.24) is 4.90 Å². The van der Waals surface area contributed by atoms with Gasteiger partial charge in [0.25, 0.3) is 0 Å². The van der Waals surface area contributed by atoms with Crippen LogP contribution in [0.15, 0.2) is 72.8 Å². The Morgan fingerprint density at radius 2 is 1.45 bits per heavy atom. The number of likely N-dealkylation sites (N-methyl/N-ethyl adjacent to an activating group) is 1. The zero-order valence-electron chi connectivity index (χ0n) is 18.5. The molecule has 0 aliphatic heterocycles. The number of hydrogen-bond donors (Lipinski definition) is 2. The Hall–Kier alpha value is -3.44. The minimum atomic E-state index is -0.479. The van der Waals surface area contributed by atoms with Gasteiger partial charge in [0, 0.05) is 16.9 Å². The monoisotopic (exact) mass is 415 g/mol. The van der Waals surface area contributed by atoms with Crippen LogP contribution in [0.3, 0.4) is 0 Å². The van der Waals surface area contributed by atoms with E-state index in [9.17, 15) is 9.59 Å². The van der Waals surface area contributed by atoms with Crippen molar-refractivity contribution in [3.8, 4) is 11.1 Å². The van der Waals surface area contributed by atoms with Gasteiger partial charge in [-0.15, -0.1) is 0 Å². The van der Waals surface area contributed by atoms with Crippen LogP contribution in [0.2, 0.25) is 0 Å². The van der Waals surface area contributed by atoms with E-state index in [0.29, 0.717) is 0 Å². The fraction of sp³-hybridized carbons (Fsp3) is 0.231. The van der Waals surface area contributed by atoms with Gasteiger partial charge in [-0.25, -0.2) is 0 Å². The Balaban J connectivity index is 1.65. The summed E-state index contributed by atoms with van der Waals surface area (Å²) in [7, 11) is 1.78. The second kappa shape index (κ2) is 10.0. The molecular weight excluding hydrogens is 386 g/mol. The van der Waals surface area contributed by atoms with Gasteiger partial charge in [-0.1, -0.05) is 66.7 Å². The number of hydrogen-bond acceptors (Lipinski definition) is 3. The number of nitrogens with one attached hydrogen (secondary N) is 2.